The highest BCUT2D eigenvalue weighted by atomic mass is 35.5. The number of aromatic nitrogens is 2. The van der Waals surface area contributed by atoms with Crippen LogP contribution in [0.2, 0.25) is 5.02 Å². The molecule has 0 radical (unpaired) electrons. The quantitative estimate of drug-likeness (QED) is 0.852. The SMILES string of the molecule is CCN(CC)C(=O)CN(C)c1ncnc2cc(Cl)ccc12. The number of amides is 1. The largest absolute Gasteiger partial charge is 0.350 e. The van der Waals surface area contributed by atoms with Crippen LogP contribution in [0.3, 0.4) is 0 Å². The molecule has 112 valence electrons. The molecule has 0 unspecified atom stereocenters. The molecule has 0 fully saturated rings. The van der Waals surface area contributed by atoms with Crippen molar-refractivity contribution in [2.75, 3.05) is 31.6 Å². The van der Waals surface area contributed by atoms with E-state index in [0.29, 0.717) is 18.1 Å². The van der Waals surface area contributed by atoms with Crippen LogP contribution in [0.25, 0.3) is 10.9 Å². The minimum absolute atomic E-state index is 0.0863. The van der Waals surface area contributed by atoms with Crippen molar-refractivity contribution < 1.29 is 4.79 Å². The van der Waals surface area contributed by atoms with Crippen LogP contribution in [0.4, 0.5) is 5.82 Å². The average molecular weight is 307 g/mol. The summed E-state index contributed by atoms with van der Waals surface area (Å²) in [5.41, 5.74) is 0.773. The second kappa shape index (κ2) is 6.72. The highest BCUT2D eigenvalue weighted by Crippen LogP contribution is 2.24. The van der Waals surface area contributed by atoms with Gasteiger partial charge in [0.2, 0.25) is 5.91 Å². The van der Waals surface area contributed by atoms with Crippen LogP contribution in [0, 0.1) is 0 Å². The summed E-state index contributed by atoms with van der Waals surface area (Å²) in [6.07, 6.45) is 1.49. The lowest BCUT2D eigenvalue weighted by Crippen LogP contribution is -2.39. The molecule has 2 rings (SSSR count). The number of likely N-dealkylation sites (N-methyl/N-ethyl adjacent to an activating group) is 2. The molecule has 21 heavy (non-hydrogen) atoms. The molecule has 0 N–H and O–H groups in total. The van der Waals surface area contributed by atoms with E-state index in [1.807, 2.05) is 31.9 Å². The third-order valence-corrected chi connectivity index (χ3v) is 3.66. The summed E-state index contributed by atoms with van der Waals surface area (Å²) >= 11 is 5.98. The number of benzene rings is 1. The Morgan fingerprint density at radius 1 is 1.24 bits per heavy atom. The fourth-order valence-electron chi connectivity index (χ4n) is 2.27. The molecule has 0 aliphatic rings. The van der Waals surface area contributed by atoms with Gasteiger partial charge in [-0.3, -0.25) is 4.79 Å². The Labute approximate surface area is 129 Å². The van der Waals surface area contributed by atoms with Crippen LogP contribution in [0.5, 0.6) is 0 Å². The van der Waals surface area contributed by atoms with Crippen LogP contribution in [0.15, 0.2) is 24.5 Å². The predicted octanol–water partition coefficient (Wildman–Crippen LogP) is 2.59. The van der Waals surface area contributed by atoms with Crippen LogP contribution >= 0.6 is 11.6 Å². The van der Waals surface area contributed by atoms with Gasteiger partial charge in [-0.2, -0.15) is 0 Å². The van der Waals surface area contributed by atoms with E-state index in [9.17, 15) is 4.79 Å². The van der Waals surface area contributed by atoms with Gasteiger partial charge < -0.3 is 9.80 Å². The number of carbonyl (C=O) groups is 1. The molecule has 6 heteroatoms. The third-order valence-electron chi connectivity index (χ3n) is 3.43. The van der Waals surface area contributed by atoms with Crippen molar-refractivity contribution in [3.8, 4) is 0 Å². The van der Waals surface area contributed by atoms with Gasteiger partial charge in [-0.05, 0) is 32.0 Å². The van der Waals surface area contributed by atoms with Gasteiger partial charge in [0.05, 0.1) is 12.1 Å². The predicted molar refractivity (Wildman–Crippen MR) is 85.7 cm³/mol. The fraction of sp³-hybridized carbons (Fsp3) is 0.400. The molecule has 0 saturated heterocycles. The highest BCUT2D eigenvalue weighted by molar-refractivity contribution is 6.31. The Bertz CT molecular complexity index is 643. The fourth-order valence-corrected chi connectivity index (χ4v) is 2.44. The van der Waals surface area contributed by atoms with E-state index in [2.05, 4.69) is 9.97 Å². The average Bonchev–Trinajstić information content (AvgIpc) is 2.47. The maximum atomic E-state index is 12.2. The Balaban J connectivity index is 2.27. The Kier molecular flexibility index (Phi) is 4.96. The van der Waals surface area contributed by atoms with E-state index in [1.165, 1.54) is 6.33 Å². The Morgan fingerprint density at radius 2 is 1.95 bits per heavy atom. The van der Waals surface area contributed by atoms with E-state index in [0.717, 1.165) is 16.7 Å². The first kappa shape index (κ1) is 15.5. The van der Waals surface area contributed by atoms with E-state index in [4.69, 9.17) is 11.6 Å². The third kappa shape index (κ3) is 3.42. The summed E-state index contributed by atoms with van der Waals surface area (Å²) in [7, 11) is 1.86. The van der Waals surface area contributed by atoms with E-state index >= 15 is 0 Å². The van der Waals surface area contributed by atoms with Gasteiger partial charge in [0, 0.05) is 30.5 Å². The number of rotatable bonds is 5. The number of nitrogens with zero attached hydrogens (tertiary/aromatic N) is 4. The normalized spacial score (nSPS) is 10.7. The molecule has 0 aliphatic heterocycles. The topological polar surface area (TPSA) is 49.3 Å². The van der Waals surface area contributed by atoms with Crippen molar-refractivity contribution in [1.82, 2.24) is 14.9 Å². The minimum Gasteiger partial charge on any atom is -0.350 e. The highest BCUT2D eigenvalue weighted by Gasteiger charge is 2.15. The number of hydrogen-bond donors (Lipinski definition) is 0. The number of halogens is 1. The summed E-state index contributed by atoms with van der Waals surface area (Å²) in [4.78, 5) is 24.4. The molecule has 0 spiro atoms. The van der Waals surface area contributed by atoms with Gasteiger partial charge in [0.25, 0.3) is 0 Å². The number of anilines is 1. The lowest BCUT2D eigenvalue weighted by Gasteiger charge is -2.24. The summed E-state index contributed by atoms with van der Waals surface area (Å²) in [6, 6.07) is 5.48. The monoisotopic (exact) mass is 306 g/mol. The molecular weight excluding hydrogens is 288 g/mol. The van der Waals surface area contributed by atoms with E-state index in [-0.39, 0.29) is 12.5 Å². The maximum Gasteiger partial charge on any atom is 0.242 e. The van der Waals surface area contributed by atoms with Crippen molar-refractivity contribution in [3.05, 3.63) is 29.5 Å². The van der Waals surface area contributed by atoms with Gasteiger partial charge in [-0.25, -0.2) is 9.97 Å². The molecule has 1 amide bonds. The molecule has 5 nitrogen and oxygen atoms in total. The molecule has 0 bridgehead atoms. The summed E-state index contributed by atoms with van der Waals surface area (Å²) in [5.74, 6) is 0.820. The second-order valence-corrected chi connectivity index (χ2v) is 5.22. The number of fused-ring (bicyclic) bond motifs is 1. The van der Waals surface area contributed by atoms with Gasteiger partial charge in [-0.1, -0.05) is 11.6 Å². The van der Waals surface area contributed by atoms with Crippen molar-refractivity contribution in [3.63, 3.8) is 0 Å². The van der Waals surface area contributed by atoms with Crippen molar-refractivity contribution in [2.45, 2.75) is 13.8 Å². The van der Waals surface area contributed by atoms with Gasteiger partial charge >= 0.3 is 0 Å². The smallest absolute Gasteiger partial charge is 0.242 e. The van der Waals surface area contributed by atoms with E-state index < -0.39 is 0 Å². The zero-order chi connectivity index (χ0) is 15.4. The molecule has 2 aromatic rings. The molecule has 0 atom stereocenters. The Hall–Kier alpha value is -1.88. The molecular formula is C15H19ClN4O. The first-order valence-corrected chi connectivity index (χ1v) is 7.33. The summed E-state index contributed by atoms with van der Waals surface area (Å²) in [5, 5.41) is 1.52. The van der Waals surface area contributed by atoms with Gasteiger partial charge in [0.15, 0.2) is 0 Å². The molecule has 0 aliphatic carbocycles. The van der Waals surface area contributed by atoms with Crippen molar-refractivity contribution in [1.29, 1.82) is 0 Å². The lowest BCUT2D eigenvalue weighted by molar-refractivity contribution is -0.129. The maximum absolute atomic E-state index is 12.2. The Morgan fingerprint density at radius 3 is 2.62 bits per heavy atom. The first-order valence-electron chi connectivity index (χ1n) is 6.96. The van der Waals surface area contributed by atoms with Crippen LogP contribution in [-0.4, -0.2) is 47.5 Å². The van der Waals surface area contributed by atoms with E-state index in [1.54, 1.807) is 17.0 Å². The lowest BCUT2D eigenvalue weighted by atomic mass is 10.2. The molecule has 1 heterocycles. The minimum atomic E-state index is 0.0863. The number of hydrogen-bond acceptors (Lipinski definition) is 4. The van der Waals surface area contributed by atoms with Crippen molar-refractivity contribution >= 4 is 34.2 Å². The zero-order valence-corrected chi connectivity index (χ0v) is 13.3. The standard InChI is InChI=1S/C15H19ClN4O/c1-4-20(5-2)14(21)9-19(3)15-12-7-6-11(16)8-13(12)17-10-18-15/h6-8,10H,4-5,9H2,1-3H3. The molecule has 1 aromatic carbocycles. The summed E-state index contributed by atoms with van der Waals surface area (Å²) in [6.45, 7) is 5.66. The van der Waals surface area contributed by atoms with Gasteiger partial charge in [0.1, 0.15) is 12.1 Å². The van der Waals surface area contributed by atoms with Crippen LogP contribution in [0.1, 0.15) is 13.8 Å². The van der Waals surface area contributed by atoms with Gasteiger partial charge in [-0.15, -0.1) is 0 Å². The summed E-state index contributed by atoms with van der Waals surface area (Å²) < 4.78 is 0. The van der Waals surface area contributed by atoms with Crippen LogP contribution in [-0.2, 0) is 4.79 Å². The second-order valence-electron chi connectivity index (χ2n) is 4.78. The van der Waals surface area contributed by atoms with Crippen molar-refractivity contribution in [2.24, 2.45) is 0 Å². The first-order chi connectivity index (χ1) is 10.1. The zero-order valence-electron chi connectivity index (χ0n) is 12.5. The van der Waals surface area contributed by atoms with Crippen LogP contribution < -0.4 is 4.90 Å². The molecule has 1 aromatic heterocycles. The molecule has 0 saturated carbocycles. The number of carbonyl (C=O) groups excluding carboxylic acids is 1.